The van der Waals surface area contributed by atoms with Crippen molar-refractivity contribution in [2.24, 2.45) is 0 Å². The number of amides is 1. The third-order valence-corrected chi connectivity index (χ3v) is 3.95. The molecule has 0 saturated heterocycles. The zero-order valence-corrected chi connectivity index (χ0v) is 13.7. The smallest absolute Gasteiger partial charge is 0.222 e. The molecular weight excluding hydrogens is 290 g/mol. The minimum Gasteiger partial charge on any atom is -0.395 e. The maximum absolute atomic E-state index is 12.4. The van der Waals surface area contributed by atoms with Crippen LogP contribution >= 0.6 is 0 Å². The fourth-order valence-corrected chi connectivity index (χ4v) is 2.55. The summed E-state index contributed by atoms with van der Waals surface area (Å²) in [5, 5.41) is 9.18. The van der Waals surface area contributed by atoms with Crippen molar-refractivity contribution in [2.75, 3.05) is 13.2 Å². The molecule has 1 amide bonds. The van der Waals surface area contributed by atoms with E-state index in [1.165, 1.54) is 5.56 Å². The van der Waals surface area contributed by atoms with Crippen molar-refractivity contribution in [2.45, 2.75) is 39.2 Å². The molecule has 5 nitrogen and oxygen atoms in total. The van der Waals surface area contributed by atoms with Crippen molar-refractivity contribution in [1.29, 1.82) is 0 Å². The number of benzene rings is 1. The molecule has 0 unspecified atom stereocenters. The summed E-state index contributed by atoms with van der Waals surface area (Å²) in [5.41, 5.74) is 3.13. The molecule has 0 aliphatic heterocycles. The third kappa shape index (κ3) is 5.53. The van der Waals surface area contributed by atoms with Crippen LogP contribution in [-0.2, 0) is 17.8 Å². The summed E-state index contributed by atoms with van der Waals surface area (Å²) in [6.45, 7) is 2.71. The lowest BCUT2D eigenvalue weighted by molar-refractivity contribution is -0.132. The molecule has 2 N–H and O–H groups in total. The van der Waals surface area contributed by atoms with Crippen LogP contribution in [-0.4, -0.2) is 39.0 Å². The van der Waals surface area contributed by atoms with Crippen LogP contribution in [0, 0.1) is 6.92 Å². The van der Waals surface area contributed by atoms with Gasteiger partial charge in [-0.25, -0.2) is 4.98 Å². The molecule has 0 aliphatic carbocycles. The van der Waals surface area contributed by atoms with Gasteiger partial charge in [0.05, 0.1) is 25.2 Å². The number of aromatic nitrogens is 2. The highest BCUT2D eigenvalue weighted by Crippen LogP contribution is 2.10. The van der Waals surface area contributed by atoms with E-state index in [1.807, 2.05) is 25.1 Å². The van der Waals surface area contributed by atoms with Gasteiger partial charge in [-0.2, -0.15) is 0 Å². The van der Waals surface area contributed by atoms with Gasteiger partial charge in [0.1, 0.15) is 0 Å². The summed E-state index contributed by atoms with van der Waals surface area (Å²) < 4.78 is 0. The number of carbonyl (C=O) groups excluding carboxylic acids is 1. The number of carbonyl (C=O) groups is 1. The molecule has 0 spiro atoms. The summed E-state index contributed by atoms with van der Waals surface area (Å²) in [5.74, 6) is 0.0783. The standard InChI is InChI=1S/C18H25N3O2/c1-15-17(20-14-19-15)13-21(11-12-22)18(23)10-6-5-9-16-7-3-2-4-8-16/h2-4,7-8,14,22H,5-6,9-13H2,1H3,(H,19,20). The maximum Gasteiger partial charge on any atom is 0.222 e. The van der Waals surface area contributed by atoms with Gasteiger partial charge in [-0.05, 0) is 31.7 Å². The largest absolute Gasteiger partial charge is 0.395 e. The van der Waals surface area contributed by atoms with E-state index >= 15 is 0 Å². The number of unbranched alkanes of at least 4 members (excludes halogenated alkanes) is 1. The normalized spacial score (nSPS) is 10.7. The first-order valence-electron chi connectivity index (χ1n) is 8.12. The lowest BCUT2D eigenvalue weighted by atomic mass is 10.1. The Bertz CT molecular complexity index is 595. The van der Waals surface area contributed by atoms with Crippen LogP contribution in [0.4, 0.5) is 0 Å². The molecule has 124 valence electrons. The number of nitrogens with one attached hydrogen (secondary N) is 1. The Morgan fingerprint density at radius 1 is 1.26 bits per heavy atom. The third-order valence-electron chi connectivity index (χ3n) is 3.95. The second kappa shape index (κ2) is 9.10. The molecule has 0 saturated carbocycles. The lowest BCUT2D eigenvalue weighted by Gasteiger charge is -2.21. The predicted molar refractivity (Wildman–Crippen MR) is 89.8 cm³/mol. The SMILES string of the molecule is Cc1[nH]cnc1CN(CCO)C(=O)CCCCc1ccccc1. The molecule has 2 aromatic rings. The fourth-order valence-electron chi connectivity index (χ4n) is 2.55. The summed E-state index contributed by atoms with van der Waals surface area (Å²) >= 11 is 0. The minimum atomic E-state index is -0.0285. The Hall–Kier alpha value is -2.14. The molecule has 1 heterocycles. The van der Waals surface area contributed by atoms with Crippen LogP contribution in [0.15, 0.2) is 36.7 Å². The van der Waals surface area contributed by atoms with Gasteiger partial charge in [0, 0.05) is 18.7 Å². The first kappa shape index (κ1) is 17.2. The van der Waals surface area contributed by atoms with Gasteiger partial charge in [0.15, 0.2) is 0 Å². The molecule has 1 aromatic heterocycles. The van der Waals surface area contributed by atoms with Crippen LogP contribution in [0.5, 0.6) is 0 Å². The highest BCUT2D eigenvalue weighted by molar-refractivity contribution is 5.76. The van der Waals surface area contributed by atoms with Crippen molar-refractivity contribution in [3.8, 4) is 0 Å². The minimum absolute atomic E-state index is 0.0285. The number of H-pyrrole nitrogens is 1. The van der Waals surface area contributed by atoms with Crippen LogP contribution in [0.25, 0.3) is 0 Å². The number of rotatable bonds is 9. The molecule has 23 heavy (non-hydrogen) atoms. The molecule has 5 heteroatoms. The van der Waals surface area contributed by atoms with Gasteiger partial charge in [-0.3, -0.25) is 4.79 Å². The molecular formula is C18H25N3O2. The van der Waals surface area contributed by atoms with E-state index in [0.717, 1.165) is 30.7 Å². The highest BCUT2D eigenvalue weighted by atomic mass is 16.3. The van der Waals surface area contributed by atoms with Gasteiger partial charge in [-0.15, -0.1) is 0 Å². The number of aliphatic hydroxyl groups excluding tert-OH is 1. The van der Waals surface area contributed by atoms with E-state index < -0.39 is 0 Å². The van der Waals surface area contributed by atoms with Crippen LogP contribution in [0.3, 0.4) is 0 Å². The number of hydrogen-bond donors (Lipinski definition) is 2. The van der Waals surface area contributed by atoms with Crippen molar-refractivity contribution in [3.05, 3.63) is 53.6 Å². The first-order valence-corrected chi connectivity index (χ1v) is 8.12. The van der Waals surface area contributed by atoms with E-state index in [9.17, 15) is 9.90 Å². The molecule has 0 aliphatic rings. The zero-order valence-electron chi connectivity index (χ0n) is 13.7. The summed E-state index contributed by atoms with van der Waals surface area (Å²) in [7, 11) is 0. The molecule has 0 bridgehead atoms. The molecule has 0 radical (unpaired) electrons. The van der Waals surface area contributed by atoms with E-state index in [2.05, 4.69) is 22.1 Å². The number of imidazole rings is 1. The molecule has 0 atom stereocenters. The van der Waals surface area contributed by atoms with Gasteiger partial charge >= 0.3 is 0 Å². The second-order valence-electron chi connectivity index (χ2n) is 5.71. The summed E-state index contributed by atoms with van der Waals surface area (Å²) in [6.07, 6.45) is 4.98. The van der Waals surface area contributed by atoms with Crippen LogP contribution < -0.4 is 0 Å². The average Bonchev–Trinajstić information content (AvgIpc) is 2.97. The zero-order chi connectivity index (χ0) is 16.5. The average molecular weight is 315 g/mol. The van der Waals surface area contributed by atoms with Crippen molar-refractivity contribution in [3.63, 3.8) is 0 Å². The fraction of sp³-hybridized carbons (Fsp3) is 0.444. The molecule has 1 aromatic carbocycles. The molecule has 0 fully saturated rings. The number of aromatic amines is 1. The Labute approximate surface area is 137 Å². The van der Waals surface area contributed by atoms with Crippen LogP contribution in [0.1, 0.15) is 36.2 Å². The van der Waals surface area contributed by atoms with E-state index in [1.54, 1.807) is 11.2 Å². The quantitative estimate of drug-likeness (QED) is 0.698. The summed E-state index contributed by atoms with van der Waals surface area (Å²) in [6, 6.07) is 10.3. The Morgan fingerprint density at radius 2 is 2.04 bits per heavy atom. The number of aryl methyl sites for hydroxylation is 2. The van der Waals surface area contributed by atoms with Gasteiger partial charge in [0.2, 0.25) is 5.91 Å². The van der Waals surface area contributed by atoms with Gasteiger partial charge in [-0.1, -0.05) is 30.3 Å². The number of aliphatic hydroxyl groups is 1. The van der Waals surface area contributed by atoms with Gasteiger partial charge in [0.25, 0.3) is 0 Å². The van der Waals surface area contributed by atoms with E-state index in [0.29, 0.717) is 19.5 Å². The highest BCUT2D eigenvalue weighted by Gasteiger charge is 2.15. The summed E-state index contributed by atoms with van der Waals surface area (Å²) in [4.78, 5) is 21.3. The van der Waals surface area contributed by atoms with Gasteiger partial charge < -0.3 is 15.0 Å². The van der Waals surface area contributed by atoms with Crippen molar-refractivity contribution in [1.82, 2.24) is 14.9 Å². The maximum atomic E-state index is 12.4. The monoisotopic (exact) mass is 315 g/mol. The number of nitrogens with zero attached hydrogens (tertiary/aromatic N) is 2. The second-order valence-corrected chi connectivity index (χ2v) is 5.71. The lowest BCUT2D eigenvalue weighted by Crippen LogP contribution is -2.33. The van der Waals surface area contributed by atoms with Crippen LogP contribution in [0.2, 0.25) is 0 Å². The Morgan fingerprint density at radius 3 is 2.70 bits per heavy atom. The van der Waals surface area contributed by atoms with Crippen molar-refractivity contribution < 1.29 is 9.90 Å². The van der Waals surface area contributed by atoms with E-state index in [-0.39, 0.29) is 12.5 Å². The van der Waals surface area contributed by atoms with Crippen molar-refractivity contribution >= 4 is 5.91 Å². The first-order chi connectivity index (χ1) is 11.2. The predicted octanol–water partition coefficient (Wildman–Crippen LogP) is 2.45. The Kier molecular flexibility index (Phi) is 6.81. The topological polar surface area (TPSA) is 69.2 Å². The van der Waals surface area contributed by atoms with E-state index in [4.69, 9.17) is 0 Å². The number of hydrogen-bond acceptors (Lipinski definition) is 3. The molecule has 2 rings (SSSR count). The Balaban J connectivity index is 1.78.